The molecule has 0 unspecified atom stereocenters. The molecule has 1 aromatic heterocycles. The van der Waals surface area contributed by atoms with Crippen molar-refractivity contribution < 1.29 is 9.90 Å². The highest BCUT2D eigenvalue weighted by atomic mass is 16.4. The average molecular weight is 234 g/mol. The lowest BCUT2D eigenvalue weighted by atomic mass is 9.95. The number of hydrogen-bond acceptors (Lipinski definition) is 3. The first-order valence-electron chi connectivity index (χ1n) is 6.14. The molecule has 0 aromatic carbocycles. The molecule has 1 aromatic rings. The van der Waals surface area contributed by atoms with E-state index in [9.17, 15) is 4.79 Å². The van der Waals surface area contributed by atoms with Gasteiger partial charge in [-0.05, 0) is 24.8 Å². The molecular formula is C13H18N2O2. The average Bonchev–Trinajstić information content (AvgIpc) is 2.39. The van der Waals surface area contributed by atoms with E-state index in [1.165, 1.54) is 12.6 Å². The second kappa shape index (κ2) is 5.17. The molecule has 4 nitrogen and oxygen atoms in total. The van der Waals surface area contributed by atoms with Gasteiger partial charge in [-0.1, -0.05) is 13.3 Å². The SMILES string of the molecule is CC[C@@H]1CCCN(c2ccncc2C(=O)O)C1. The summed E-state index contributed by atoms with van der Waals surface area (Å²) >= 11 is 0. The minimum absolute atomic E-state index is 0.309. The van der Waals surface area contributed by atoms with Crippen molar-refractivity contribution in [3.8, 4) is 0 Å². The number of rotatable bonds is 3. The molecule has 1 fully saturated rings. The van der Waals surface area contributed by atoms with Crippen LogP contribution in [0.5, 0.6) is 0 Å². The van der Waals surface area contributed by atoms with Crippen LogP contribution in [0.2, 0.25) is 0 Å². The lowest BCUT2D eigenvalue weighted by molar-refractivity contribution is 0.0697. The molecule has 0 saturated carbocycles. The predicted octanol–water partition coefficient (Wildman–Crippen LogP) is 2.41. The molecule has 1 saturated heterocycles. The molecule has 1 aliphatic rings. The van der Waals surface area contributed by atoms with E-state index < -0.39 is 5.97 Å². The molecule has 0 spiro atoms. The van der Waals surface area contributed by atoms with Crippen molar-refractivity contribution in [3.05, 3.63) is 24.0 Å². The van der Waals surface area contributed by atoms with E-state index in [4.69, 9.17) is 5.11 Å². The van der Waals surface area contributed by atoms with Crippen LogP contribution in [0.25, 0.3) is 0 Å². The first-order chi connectivity index (χ1) is 8.22. The summed E-state index contributed by atoms with van der Waals surface area (Å²) in [6, 6.07) is 1.81. The number of aromatic carboxylic acids is 1. The lowest BCUT2D eigenvalue weighted by Gasteiger charge is -2.34. The number of carboxylic acids is 1. The van der Waals surface area contributed by atoms with Crippen LogP contribution >= 0.6 is 0 Å². The summed E-state index contributed by atoms with van der Waals surface area (Å²) in [5, 5.41) is 9.15. The number of hydrogen-bond donors (Lipinski definition) is 1. The molecule has 2 rings (SSSR count). The Hall–Kier alpha value is -1.58. The zero-order valence-corrected chi connectivity index (χ0v) is 10.1. The van der Waals surface area contributed by atoms with Gasteiger partial charge < -0.3 is 10.0 Å². The summed E-state index contributed by atoms with van der Waals surface area (Å²) in [5.74, 6) is -0.217. The van der Waals surface area contributed by atoms with Gasteiger partial charge in [0.15, 0.2) is 0 Å². The van der Waals surface area contributed by atoms with E-state index in [0.717, 1.165) is 31.6 Å². The van der Waals surface area contributed by atoms with E-state index in [1.807, 2.05) is 6.07 Å². The molecule has 92 valence electrons. The van der Waals surface area contributed by atoms with Gasteiger partial charge in [0, 0.05) is 25.5 Å². The Balaban J connectivity index is 2.24. The first-order valence-corrected chi connectivity index (χ1v) is 6.14. The molecule has 1 atom stereocenters. The van der Waals surface area contributed by atoms with Gasteiger partial charge in [-0.15, -0.1) is 0 Å². The fraction of sp³-hybridized carbons (Fsp3) is 0.538. The van der Waals surface area contributed by atoms with Crippen LogP contribution in [0, 0.1) is 5.92 Å². The van der Waals surface area contributed by atoms with Crippen LogP contribution in [0.4, 0.5) is 5.69 Å². The summed E-state index contributed by atoms with van der Waals surface area (Å²) in [7, 11) is 0. The smallest absolute Gasteiger partial charge is 0.339 e. The monoisotopic (exact) mass is 234 g/mol. The fourth-order valence-electron chi connectivity index (χ4n) is 2.44. The minimum Gasteiger partial charge on any atom is -0.478 e. The maximum atomic E-state index is 11.1. The van der Waals surface area contributed by atoms with E-state index in [2.05, 4.69) is 16.8 Å². The van der Waals surface area contributed by atoms with Gasteiger partial charge in [-0.3, -0.25) is 4.98 Å². The van der Waals surface area contributed by atoms with Crippen molar-refractivity contribution in [2.45, 2.75) is 26.2 Å². The number of piperidine rings is 1. The first kappa shape index (κ1) is 11.9. The van der Waals surface area contributed by atoms with Crippen LogP contribution in [0.15, 0.2) is 18.5 Å². The lowest BCUT2D eigenvalue weighted by Crippen LogP contribution is -2.36. The molecule has 1 aliphatic heterocycles. The second-order valence-electron chi connectivity index (χ2n) is 4.56. The zero-order chi connectivity index (χ0) is 12.3. The van der Waals surface area contributed by atoms with Crippen LogP contribution < -0.4 is 4.90 Å². The Morgan fingerprint density at radius 2 is 2.47 bits per heavy atom. The van der Waals surface area contributed by atoms with Gasteiger partial charge in [0.25, 0.3) is 0 Å². The Kier molecular flexibility index (Phi) is 3.61. The Morgan fingerprint density at radius 3 is 3.18 bits per heavy atom. The number of aromatic nitrogens is 1. The molecule has 0 amide bonds. The van der Waals surface area contributed by atoms with Gasteiger partial charge in [-0.2, -0.15) is 0 Å². The summed E-state index contributed by atoms with van der Waals surface area (Å²) < 4.78 is 0. The van der Waals surface area contributed by atoms with Gasteiger partial charge in [0.05, 0.1) is 5.69 Å². The third kappa shape index (κ3) is 2.57. The predicted molar refractivity (Wildman–Crippen MR) is 66.4 cm³/mol. The largest absolute Gasteiger partial charge is 0.478 e. The standard InChI is InChI=1S/C13H18N2O2/c1-2-10-4-3-7-15(9-10)12-5-6-14-8-11(12)13(16)17/h5-6,8,10H,2-4,7,9H2,1H3,(H,16,17)/t10-/m1/s1. The molecular weight excluding hydrogens is 216 g/mol. The highest BCUT2D eigenvalue weighted by molar-refractivity contribution is 5.94. The van der Waals surface area contributed by atoms with Crippen molar-refractivity contribution >= 4 is 11.7 Å². The third-order valence-electron chi connectivity index (χ3n) is 3.47. The molecule has 1 N–H and O–H groups in total. The fourth-order valence-corrected chi connectivity index (χ4v) is 2.44. The summed E-state index contributed by atoms with van der Waals surface area (Å²) in [6.07, 6.45) is 6.65. The third-order valence-corrected chi connectivity index (χ3v) is 3.47. The minimum atomic E-state index is -0.897. The molecule has 2 heterocycles. The van der Waals surface area contributed by atoms with Crippen molar-refractivity contribution in [2.24, 2.45) is 5.92 Å². The quantitative estimate of drug-likeness (QED) is 0.872. The van der Waals surface area contributed by atoms with Gasteiger partial charge in [-0.25, -0.2) is 4.79 Å². The van der Waals surface area contributed by atoms with Crippen LogP contribution in [0.3, 0.4) is 0 Å². The highest BCUT2D eigenvalue weighted by Crippen LogP contribution is 2.27. The number of pyridine rings is 1. The summed E-state index contributed by atoms with van der Waals surface area (Å²) in [6.45, 7) is 4.10. The summed E-state index contributed by atoms with van der Waals surface area (Å²) in [5.41, 5.74) is 1.12. The molecule has 17 heavy (non-hydrogen) atoms. The maximum absolute atomic E-state index is 11.1. The van der Waals surface area contributed by atoms with Gasteiger partial charge >= 0.3 is 5.97 Å². The van der Waals surface area contributed by atoms with Crippen LogP contribution in [-0.2, 0) is 0 Å². The van der Waals surface area contributed by atoms with E-state index in [-0.39, 0.29) is 0 Å². The van der Waals surface area contributed by atoms with Crippen molar-refractivity contribution in [2.75, 3.05) is 18.0 Å². The van der Waals surface area contributed by atoms with Gasteiger partial charge in [0.2, 0.25) is 0 Å². The second-order valence-corrected chi connectivity index (χ2v) is 4.56. The van der Waals surface area contributed by atoms with E-state index in [0.29, 0.717) is 11.5 Å². The van der Waals surface area contributed by atoms with Crippen LogP contribution in [0.1, 0.15) is 36.5 Å². The van der Waals surface area contributed by atoms with Gasteiger partial charge in [0.1, 0.15) is 5.56 Å². The Labute approximate surface area is 101 Å². The number of carbonyl (C=O) groups is 1. The molecule has 4 heteroatoms. The molecule has 0 radical (unpaired) electrons. The number of nitrogens with zero attached hydrogens (tertiary/aromatic N) is 2. The normalized spacial score (nSPS) is 20.3. The van der Waals surface area contributed by atoms with E-state index in [1.54, 1.807) is 6.20 Å². The zero-order valence-electron chi connectivity index (χ0n) is 10.1. The number of anilines is 1. The van der Waals surface area contributed by atoms with Crippen molar-refractivity contribution in [3.63, 3.8) is 0 Å². The Morgan fingerprint density at radius 1 is 1.65 bits per heavy atom. The van der Waals surface area contributed by atoms with Crippen LogP contribution in [-0.4, -0.2) is 29.1 Å². The number of carboxylic acid groups (broad SMARTS) is 1. The van der Waals surface area contributed by atoms with E-state index >= 15 is 0 Å². The maximum Gasteiger partial charge on any atom is 0.339 e. The highest BCUT2D eigenvalue weighted by Gasteiger charge is 2.22. The molecule has 0 aliphatic carbocycles. The van der Waals surface area contributed by atoms with Crippen molar-refractivity contribution in [1.82, 2.24) is 4.98 Å². The van der Waals surface area contributed by atoms with Crippen molar-refractivity contribution in [1.29, 1.82) is 0 Å². The topological polar surface area (TPSA) is 53.4 Å². The Bertz CT molecular complexity index is 406. The summed E-state index contributed by atoms with van der Waals surface area (Å²) in [4.78, 5) is 17.2. The molecule has 0 bridgehead atoms.